The molecular formula is C22H28N2O5. The minimum absolute atomic E-state index is 0.0145. The smallest absolute Gasteiger partial charge is 0.410 e. The number of benzene rings is 1. The van der Waals surface area contributed by atoms with Crippen LogP contribution in [0, 0.1) is 6.92 Å². The molecule has 1 saturated heterocycles. The molecule has 1 atom stereocenters. The number of pyridine rings is 1. The lowest BCUT2D eigenvalue weighted by molar-refractivity contribution is 0.0288. The van der Waals surface area contributed by atoms with Gasteiger partial charge < -0.3 is 18.9 Å². The highest BCUT2D eigenvalue weighted by Crippen LogP contribution is 2.27. The van der Waals surface area contributed by atoms with Crippen molar-refractivity contribution in [2.45, 2.75) is 52.7 Å². The van der Waals surface area contributed by atoms with Gasteiger partial charge in [0.05, 0.1) is 18.2 Å². The van der Waals surface area contributed by atoms with Crippen LogP contribution < -0.4 is 5.43 Å². The third-order valence-corrected chi connectivity index (χ3v) is 4.89. The Morgan fingerprint density at radius 2 is 1.97 bits per heavy atom. The molecule has 156 valence electrons. The molecule has 0 unspecified atom stereocenters. The topological polar surface area (TPSA) is 77.8 Å². The molecule has 2 heterocycles. The summed E-state index contributed by atoms with van der Waals surface area (Å²) in [6.45, 7) is 10.3. The normalized spacial score (nSPS) is 16.9. The monoisotopic (exact) mass is 400 g/mol. The predicted octanol–water partition coefficient (Wildman–Crippen LogP) is 3.67. The lowest BCUT2D eigenvalue weighted by Gasteiger charge is -2.25. The molecule has 1 aliphatic rings. The van der Waals surface area contributed by atoms with Gasteiger partial charge in [0.1, 0.15) is 11.2 Å². The Kier molecular flexibility index (Phi) is 5.68. The Balaban J connectivity index is 2.01. The number of carbonyl (C=O) groups is 2. The number of hydrogen-bond acceptors (Lipinski definition) is 5. The van der Waals surface area contributed by atoms with Crippen molar-refractivity contribution in [1.82, 2.24) is 9.47 Å². The Morgan fingerprint density at radius 3 is 2.62 bits per heavy atom. The fraction of sp³-hybridized carbons (Fsp3) is 0.500. The van der Waals surface area contributed by atoms with E-state index in [2.05, 4.69) is 0 Å². The van der Waals surface area contributed by atoms with Crippen LogP contribution in [0.4, 0.5) is 4.79 Å². The molecule has 1 amide bonds. The minimum Gasteiger partial charge on any atom is -0.462 e. The minimum atomic E-state index is -0.628. The maximum absolute atomic E-state index is 12.9. The van der Waals surface area contributed by atoms with Gasteiger partial charge in [0.2, 0.25) is 5.43 Å². The molecule has 1 aromatic carbocycles. The van der Waals surface area contributed by atoms with Gasteiger partial charge in [0.15, 0.2) is 0 Å². The van der Waals surface area contributed by atoms with E-state index in [1.807, 2.05) is 44.4 Å². The van der Waals surface area contributed by atoms with E-state index in [0.29, 0.717) is 24.9 Å². The third-order valence-electron chi connectivity index (χ3n) is 4.89. The average Bonchev–Trinajstić information content (AvgIpc) is 3.11. The van der Waals surface area contributed by atoms with Gasteiger partial charge >= 0.3 is 12.1 Å². The van der Waals surface area contributed by atoms with Crippen LogP contribution in [0.2, 0.25) is 0 Å². The number of hydrogen-bond donors (Lipinski definition) is 0. The van der Waals surface area contributed by atoms with Crippen molar-refractivity contribution < 1.29 is 19.1 Å². The average molecular weight is 400 g/mol. The first-order valence-electron chi connectivity index (χ1n) is 9.91. The molecule has 0 bridgehead atoms. The van der Waals surface area contributed by atoms with E-state index in [0.717, 1.165) is 11.1 Å². The number of carbonyl (C=O) groups excluding carboxylic acids is 2. The first-order chi connectivity index (χ1) is 13.6. The van der Waals surface area contributed by atoms with E-state index < -0.39 is 11.6 Å². The highest BCUT2D eigenvalue weighted by Gasteiger charge is 2.31. The quantitative estimate of drug-likeness (QED) is 0.735. The van der Waals surface area contributed by atoms with Gasteiger partial charge in [-0.25, -0.2) is 9.59 Å². The number of amides is 1. The van der Waals surface area contributed by atoms with Crippen LogP contribution >= 0.6 is 0 Å². The lowest BCUT2D eigenvalue weighted by Crippen LogP contribution is -2.35. The van der Waals surface area contributed by atoms with Crippen molar-refractivity contribution in [3.8, 4) is 0 Å². The Bertz CT molecular complexity index is 1000. The molecule has 1 aliphatic heterocycles. The van der Waals surface area contributed by atoms with Crippen molar-refractivity contribution >= 4 is 23.0 Å². The molecule has 0 saturated carbocycles. The molecule has 7 heteroatoms. The van der Waals surface area contributed by atoms with Gasteiger partial charge in [-0.3, -0.25) is 4.79 Å². The number of nitrogens with zero attached hydrogens (tertiary/aromatic N) is 2. The zero-order valence-corrected chi connectivity index (χ0v) is 17.7. The summed E-state index contributed by atoms with van der Waals surface area (Å²) in [5.74, 6) is -0.628. The van der Waals surface area contributed by atoms with Crippen LogP contribution in [0.1, 0.15) is 56.1 Å². The first kappa shape index (κ1) is 20.9. The van der Waals surface area contributed by atoms with E-state index in [-0.39, 0.29) is 29.7 Å². The molecule has 29 heavy (non-hydrogen) atoms. The molecule has 0 N–H and O–H groups in total. The summed E-state index contributed by atoms with van der Waals surface area (Å²) in [5, 5.41) is 0.478. The molecule has 1 aromatic heterocycles. The van der Waals surface area contributed by atoms with Crippen molar-refractivity contribution in [3.63, 3.8) is 0 Å². The lowest BCUT2D eigenvalue weighted by atomic mass is 10.1. The van der Waals surface area contributed by atoms with Crippen molar-refractivity contribution in [2.75, 3.05) is 19.7 Å². The summed E-state index contributed by atoms with van der Waals surface area (Å²) >= 11 is 0. The van der Waals surface area contributed by atoms with E-state index in [9.17, 15) is 14.4 Å². The number of rotatable bonds is 3. The Hall–Kier alpha value is -2.83. The van der Waals surface area contributed by atoms with Crippen LogP contribution in [-0.2, 0) is 9.47 Å². The summed E-state index contributed by atoms with van der Waals surface area (Å²) in [5.41, 5.74) is 0.795. The fourth-order valence-electron chi connectivity index (χ4n) is 3.59. The summed E-state index contributed by atoms with van der Waals surface area (Å²) in [4.78, 5) is 39.4. The van der Waals surface area contributed by atoms with Crippen molar-refractivity contribution in [3.05, 3.63) is 45.7 Å². The van der Waals surface area contributed by atoms with Crippen molar-refractivity contribution in [2.24, 2.45) is 0 Å². The number of aromatic nitrogens is 1. The molecule has 1 fully saturated rings. The van der Waals surface area contributed by atoms with Crippen LogP contribution in [0.25, 0.3) is 10.9 Å². The van der Waals surface area contributed by atoms with Gasteiger partial charge in [0, 0.05) is 24.7 Å². The summed E-state index contributed by atoms with van der Waals surface area (Å²) in [7, 11) is 0. The Morgan fingerprint density at radius 1 is 1.24 bits per heavy atom. The predicted molar refractivity (Wildman–Crippen MR) is 110 cm³/mol. The standard InChI is InChI=1S/C22H28N2O5/c1-6-28-20(26)17-13-24(18-8-7-14(2)11-16(18)19(17)25)15-9-10-23(12-15)21(27)29-22(3,4)5/h7-8,11,13,15H,6,9-10,12H2,1-5H3/t15-/m1/s1. The van der Waals surface area contributed by atoms with Crippen LogP contribution in [-0.4, -0.2) is 46.8 Å². The second kappa shape index (κ2) is 7.89. The van der Waals surface area contributed by atoms with Gasteiger partial charge in [0.25, 0.3) is 0 Å². The zero-order valence-electron chi connectivity index (χ0n) is 17.7. The molecule has 0 radical (unpaired) electrons. The number of ether oxygens (including phenoxy) is 2. The van der Waals surface area contributed by atoms with E-state index in [1.54, 1.807) is 24.1 Å². The summed E-state index contributed by atoms with van der Waals surface area (Å²) in [6, 6.07) is 5.54. The highest BCUT2D eigenvalue weighted by atomic mass is 16.6. The van der Waals surface area contributed by atoms with Gasteiger partial charge in [-0.1, -0.05) is 11.6 Å². The van der Waals surface area contributed by atoms with Crippen LogP contribution in [0.15, 0.2) is 29.2 Å². The fourth-order valence-corrected chi connectivity index (χ4v) is 3.59. The van der Waals surface area contributed by atoms with E-state index >= 15 is 0 Å². The molecule has 7 nitrogen and oxygen atoms in total. The zero-order chi connectivity index (χ0) is 21.3. The van der Waals surface area contributed by atoms with Crippen molar-refractivity contribution in [1.29, 1.82) is 0 Å². The van der Waals surface area contributed by atoms with Crippen LogP contribution in [0.3, 0.4) is 0 Å². The van der Waals surface area contributed by atoms with E-state index in [4.69, 9.17) is 9.47 Å². The summed E-state index contributed by atoms with van der Waals surface area (Å²) < 4.78 is 12.5. The van der Waals surface area contributed by atoms with E-state index in [1.165, 1.54) is 0 Å². The molecule has 0 spiro atoms. The molecule has 0 aliphatic carbocycles. The molecular weight excluding hydrogens is 372 g/mol. The first-order valence-corrected chi connectivity index (χ1v) is 9.91. The largest absolute Gasteiger partial charge is 0.462 e. The number of likely N-dealkylation sites (tertiary alicyclic amines) is 1. The summed E-state index contributed by atoms with van der Waals surface area (Å²) in [6.07, 6.45) is 1.92. The SMILES string of the molecule is CCOC(=O)c1cn([C@@H]2CCN(C(=O)OC(C)(C)C)C2)c2ccc(C)cc2c1=O. The second-order valence-corrected chi connectivity index (χ2v) is 8.39. The van der Waals surface area contributed by atoms with Gasteiger partial charge in [-0.15, -0.1) is 0 Å². The highest BCUT2D eigenvalue weighted by molar-refractivity contribution is 5.94. The molecule has 3 rings (SSSR count). The van der Waals surface area contributed by atoms with Crippen LogP contribution in [0.5, 0.6) is 0 Å². The maximum atomic E-state index is 12.9. The second-order valence-electron chi connectivity index (χ2n) is 8.39. The maximum Gasteiger partial charge on any atom is 0.410 e. The number of fused-ring (bicyclic) bond motifs is 1. The van der Waals surface area contributed by atoms with Gasteiger partial charge in [-0.2, -0.15) is 0 Å². The number of aryl methyl sites for hydroxylation is 1. The number of esters is 1. The Labute approximate surface area is 170 Å². The molecule has 2 aromatic rings. The third kappa shape index (κ3) is 4.44. The van der Waals surface area contributed by atoms with Gasteiger partial charge in [-0.05, 0) is 53.2 Å².